The summed E-state index contributed by atoms with van der Waals surface area (Å²) in [5.74, 6) is -1.67. The molecule has 88 valence electrons. The third kappa shape index (κ3) is 3.13. The molecule has 0 amide bonds. The fraction of sp³-hybridized carbons (Fsp3) is 0.364. The first-order valence-corrected chi connectivity index (χ1v) is 6.29. The van der Waals surface area contributed by atoms with Crippen LogP contribution in [0.2, 0.25) is 0 Å². The van der Waals surface area contributed by atoms with Gasteiger partial charge in [-0.05, 0) is 24.6 Å². The molecule has 1 N–H and O–H groups in total. The summed E-state index contributed by atoms with van der Waals surface area (Å²) in [4.78, 5) is 11.0. The molecular weight excluding hydrogens is 231 g/mol. The van der Waals surface area contributed by atoms with Crippen LogP contribution < -0.4 is 0 Å². The van der Waals surface area contributed by atoms with Gasteiger partial charge in [-0.3, -0.25) is 4.21 Å². The van der Waals surface area contributed by atoms with Gasteiger partial charge >= 0.3 is 5.97 Å². The molecular formula is C11H13FO3S. The molecule has 1 unspecified atom stereocenters. The first-order chi connectivity index (χ1) is 7.56. The van der Waals surface area contributed by atoms with E-state index in [0.29, 0.717) is 10.6 Å². The molecule has 0 spiro atoms. The monoisotopic (exact) mass is 244 g/mol. The number of hydrogen-bond donors (Lipinski definition) is 1. The Kier molecular flexibility index (Phi) is 4.61. The molecule has 0 aliphatic carbocycles. The lowest BCUT2D eigenvalue weighted by Crippen LogP contribution is -2.04. The van der Waals surface area contributed by atoms with Crippen LogP contribution >= 0.6 is 0 Å². The van der Waals surface area contributed by atoms with Crippen molar-refractivity contribution >= 4 is 16.8 Å². The van der Waals surface area contributed by atoms with Gasteiger partial charge < -0.3 is 5.11 Å². The summed E-state index contributed by atoms with van der Waals surface area (Å²) in [6.07, 6.45) is 1.71. The second-order valence-electron chi connectivity index (χ2n) is 3.35. The van der Waals surface area contributed by atoms with E-state index in [1.54, 1.807) is 0 Å². The zero-order chi connectivity index (χ0) is 12.1. The Bertz CT molecular complexity index is 418. The maximum Gasteiger partial charge on any atom is 0.338 e. The maximum absolute atomic E-state index is 13.1. The highest BCUT2D eigenvalue weighted by Crippen LogP contribution is 2.14. The molecule has 3 nitrogen and oxygen atoms in total. The summed E-state index contributed by atoms with van der Waals surface area (Å²) in [6.45, 7) is 1.98. The van der Waals surface area contributed by atoms with Gasteiger partial charge in [0.2, 0.25) is 0 Å². The summed E-state index contributed by atoms with van der Waals surface area (Å²) in [5.41, 5.74) is -0.428. The van der Waals surface area contributed by atoms with Crippen LogP contribution in [0.3, 0.4) is 0 Å². The van der Waals surface area contributed by atoms with Gasteiger partial charge in [0.1, 0.15) is 5.82 Å². The lowest BCUT2D eigenvalue weighted by atomic mass is 10.2. The predicted octanol–water partition coefficient (Wildman–Crippen LogP) is 2.43. The van der Waals surface area contributed by atoms with E-state index in [9.17, 15) is 13.4 Å². The quantitative estimate of drug-likeness (QED) is 0.865. The summed E-state index contributed by atoms with van der Waals surface area (Å²) >= 11 is 0. The number of carboxylic acids is 1. The van der Waals surface area contributed by atoms with Crippen LogP contribution in [0.1, 0.15) is 30.1 Å². The fourth-order valence-corrected chi connectivity index (χ4v) is 2.46. The van der Waals surface area contributed by atoms with Gasteiger partial charge in [0.05, 0.1) is 16.4 Å². The molecule has 0 bridgehead atoms. The molecule has 0 saturated heterocycles. The molecule has 16 heavy (non-hydrogen) atoms. The molecule has 0 aliphatic rings. The van der Waals surface area contributed by atoms with E-state index in [1.165, 1.54) is 6.07 Å². The smallest absolute Gasteiger partial charge is 0.338 e. The van der Waals surface area contributed by atoms with Gasteiger partial charge in [0.15, 0.2) is 0 Å². The standard InChI is InChI=1S/C11H13FO3S/c1-2-3-6-16(15)8-4-5-10(12)9(7-8)11(13)14/h4-5,7H,2-3,6H2,1H3,(H,13,14). The summed E-state index contributed by atoms with van der Waals surface area (Å²) in [7, 11) is -1.25. The van der Waals surface area contributed by atoms with Crippen LogP contribution in [0.25, 0.3) is 0 Å². The Hall–Kier alpha value is -1.23. The van der Waals surface area contributed by atoms with Gasteiger partial charge in [-0.1, -0.05) is 13.3 Å². The molecule has 0 fully saturated rings. The predicted molar refractivity (Wildman–Crippen MR) is 59.5 cm³/mol. The van der Waals surface area contributed by atoms with E-state index >= 15 is 0 Å². The van der Waals surface area contributed by atoms with Gasteiger partial charge in [-0.15, -0.1) is 0 Å². The van der Waals surface area contributed by atoms with Crippen molar-refractivity contribution in [3.05, 3.63) is 29.6 Å². The minimum Gasteiger partial charge on any atom is -0.478 e. The van der Waals surface area contributed by atoms with Crippen molar-refractivity contribution in [1.82, 2.24) is 0 Å². The molecule has 0 aliphatic heterocycles. The van der Waals surface area contributed by atoms with Crippen molar-refractivity contribution in [2.45, 2.75) is 24.7 Å². The first-order valence-electron chi connectivity index (χ1n) is 4.97. The SMILES string of the molecule is CCCCS(=O)c1ccc(F)c(C(=O)O)c1. The average Bonchev–Trinajstić information content (AvgIpc) is 2.26. The van der Waals surface area contributed by atoms with Gasteiger partial charge in [0.25, 0.3) is 0 Å². The average molecular weight is 244 g/mol. The van der Waals surface area contributed by atoms with Crippen molar-refractivity contribution in [3.63, 3.8) is 0 Å². The molecule has 1 atom stereocenters. The van der Waals surface area contributed by atoms with E-state index in [4.69, 9.17) is 5.11 Å². The van der Waals surface area contributed by atoms with Crippen molar-refractivity contribution in [2.24, 2.45) is 0 Å². The summed E-state index contributed by atoms with van der Waals surface area (Å²) in [5, 5.41) is 8.71. The highest BCUT2D eigenvalue weighted by atomic mass is 32.2. The van der Waals surface area contributed by atoms with Crippen molar-refractivity contribution in [2.75, 3.05) is 5.75 Å². The van der Waals surface area contributed by atoms with Gasteiger partial charge in [-0.25, -0.2) is 9.18 Å². The van der Waals surface area contributed by atoms with Gasteiger partial charge in [-0.2, -0.15) is 0 Å². The second-order valence-corrected chi connectivity index (χ2v) is 4.92. The number of aromatic carboxylic acids is 1. The Morgan fingerprint density at radius 1 is 1.50 bits per heavy atom. The number of hydrogen-bond acceptors (Lipinski definition) is 2. The maximum atomic E-state index is 13.1. The minimum absolute atomic E-state index is 0.368. The van der Waals surface area contributed by atoms with Crippen LogP contribution in [0.5, 0.6) is 0 Å². The number of rotatable bonds is 5. The van der Waals surface area contributed by atoms with Crippen LogP contribution in [-0.4, -0.2) is 21.0 Å². The van der Waals surface area contributed by atoms with Gasteiger partial charge in [0, 0.05) is 10.6 Å². The van der Waals surface area contributed by atoms with Crippen molar-refractivity contribution < 1.29 is 18.5 Å². The molecule has 1 rings (SSSR count). The van der Waals surface area contributed by atoms with E-state index in [1.807, 2.05) is 6.92 Å². The number of carbonyl (C=O) groups is 1. The van der Waals surface area contributed by atoms with Crippen LogP contribution in [0, 0.1) is 5.82 Å². The van der Waals surface area contributed by atoms with Crippen LogP contribution in [0.15, 0.2) is 23.1 Å². The molecule has 0 radical (unpaired) electrons. The van der Waals surface area contributed by atoms with Crippen LogP contribution in [0.4, 0.5) is 4.39 Å². The van der Waals surface area contributed by atoms with E-state index < -0.39 is 28.1 Å². The first kappa shape index (κ1) is 12.8. The summed E-state index contributed by atoms with van der Waals surface area (Å²) < 4.78 is 24.7. The van der Waals surface area contributed by atoms with E-state index in [-0.39, 0.29) is 0 Å². The van der Waals surface area contributed by atoms with Crippen LogP contribution in [-0.2, 0) is 10.8 Å². The zero-order valence-corrected chi connectivity index (χ0v) is 9.72. The fourth-order valence-electron chi connectivity index (χ4n) is 1.20. The zero-order valence-electron chi connectivity index (χ0n) is 8.90. The Labute approximate surface area is 95.8 Å². The molecule has 1 aromatic rings. The number of halogens is 1. The second kappa shape index (κ2) is 5.75. The normalized spacial score (nSPS) is 12.4. The Morgan fingerprint density at radius 2 is 2.19 bits per heavy atom. The number of unbranched alkanes of at least 4 members (excludes halogenated alkanes) is 1. The lowest BCUT2D eigenvalue weighted by Gasteiger charge is -2.03. The minimum atomic E-state index is -1.34. The Balaban J connectivity index is 2.94. The van der Waals surface area contributed by atoms with Crippen molar-refractivity contribution in [1.29, 1.82) is 0 Å². The molecule has 0 heterocycles. The number of carboxylic acid groups (broad SMARTS) is 1. The number of benzene rings is 1. The molecule has 5 heteroatoms. The highest BCUT2D eigenvalue weighted by Gasteiger charge is 2.13. The topological polar surface area (TPSA) is 54.4 Å². The third-order valence-corrected chi connectivity index (χ3v) is 3.55. The summed E-state index contributed by atoms with van der Waals surface area (Å²) in [6, 6.07) is 3.56. The largest absolute Gasteiger partial charge is 0.478 e. The molecule has 0 aromatic heterocycles. The van der Waals surface area contributed by atoms with E-state index in [2.05, 4.69) is 0 Å². The third-order valence-electron chi connectivity index (χ3n) is 2.11. The highest BCUT2D eigenvalue weighted by molar-refractivity contribution is 7.85. The van der Waals surface area contributed by atoms with E-state index in [0.717, 1.165) is 25.0 Å². The van der Waals surface area contributed by atoms with Crippen molar-refractivity contribution in [3.8, 4) is 0 Å². The lowest BCUT2D eigenvalue weighted by molar-refractivity contribution is 0.0691. The molecule has 1 aromatic carbocycles. The molecule has 0 saturated carbocycles. The Morgan fingerprint density at radius 3 is 2.75 bits per heavy atom.